The number of primary amides is 1. The maximum Gasteiger partial charge on any atom is 0.338 e. The highest BCUT2D eigenvalue weighted by Gasteiger charge is 2.40. The van der Waals surface area contributed by atoms with Gasteiger partial charge in [-0.15, -0.1) is 0 Å². The number of amides is 2. The molecule has 3 rings (SSSR count). The molecule has 114 valence electrons. The summed E-state index contributed by atoms with van der Waals surface area (Å²) in [7, 11) is 0. The number of hydrogen-bond donors (Lipinski definition) is 2. The lowest BCUT2D eigenvalue weighted by Crippen LogP contribution is -2.34. The first-order chi connectivity index (χ1) is 10.6. The zero-order valence-corrected chi connectivity index (χ0v) is 11.9. The van der Waals surface area contributed by atoms with Gasteiger partial charge in [0.25, 0.3) is 0 Å². The molecule has 0 radical (unpaired) electrons. The molecule has 0 unspecified atom stereocenters. The summed E-state index contributed by atoms with van der Waals surface area (Å²) in [6.07, 6.45) is 2.59. The van der Waals surface area contributed by atoms with Gasteiger partial charge in [0.15, 0.2) is 0 Å². The number of nitrogens with zero attached hydrogens (tertiary/aromatic N) is 2. The minimum absolute atomic E-state index is 0.225. The Kier molecular flexibility index (Phi) is 3.93. The summed E-state index contributed by atoms with van der Waals surface area (Å²) >= 11 is 0. The first-order valence-electron chi connectivity index (χ1n) is 7.08. The van der Waals surface area contributed by atoms with Crippen molar-refractivity contribution in [2.45, 2.75) is 12.3 Å². The van der Waals surface area contributed by atoms with Crippen molar-refractivity contribution in [2.24, 2.45) is 11.7 Å². The van der Waals surface area contributed by atoms with Crippen LogP contribution in [0.4, 0.5) is 4.79 Å². The number of pyridine rings is 1. The van der Waals surface area contributed by atoms with Crippen LogP contribution in [-0.4, -0.2) is 27.8 Å². The van der Waals surface area contributed by atoms with Crippen LogP contribution >= 0.6 is 0 Å². The summed E-state index contributed by atoms with van der Waals surface area (Å²) in [4.78, 5) is 15.0. The Hall–Kier alpha value is -2.60. The second-order valence-electron chi connectivity index (χ2n) is 5.37. The van der Waals surface area contributed by atoms with Gasteiger partial charge in [-0.1, -0.05) is 18.2 Å². The Bertz CT molecular complexity index is 663. The van der Waals surface area contributed by atoms with Crippen molar-refractivity contribution in [1.29, 1.82) is 0 Å². The molecule has 22 heavy (non-hydrogen) atoms. The van der Waals surface area contributed by atoms with Crippen LogP contribution in [0.1, 0.15) is 17.9 Å². The molecule has 0 spiro atoms. The summed E-state index contributed by atoms with van der Waals surface area (Å²) in [6, 6.07) is 12.4. The second-order valence-corrected chi connectivity index (χ2v) is 5.37. The number of hydrogen-bond acceptors (Lipinski definition) is 4. The van der Waals surface area contributed by atoms with Gasteiger partial charge in [0.2, 0.25) is 5.88 Å². The summed E-state index contributed by atoms with van der Waals surface area (Å²) in [5, 5.41) is 9.95. The molecule has 0 bridgehead atoms. The van der Waals surface area contributed by atoms with Gasteiger partial charge in [-0.2, -0.15) is 0 Å². The molecule has 1 aromatic heterocycles. The number of rotatable bonds is 5. The largest absolute Gasteiger partial charge is 0.439 e. The van der Waals surface area contributed by atoms with Gasteiger partial charge in [0.1, 0.15) is 5.75 Å². The molecule has 6 nitrogen and oxygen atoms in total. The van der Waals surface area contributed by atoms with E-state index in [0.717, 1.165) is 17.7 Å². The van der Waals surface area contributed by atoms with Crippen LogP contribution < -0.4 is 10.5 Å². The molecule has 2 aromatic rings. The number of benzene rings is 1. The van der Waals surface area contributed by atoms with Crippen LogP contribution in [0.15, 0.2) is 48.7 Å². The van der Waals surface area contributed by atoms with Crippen molar-refractivity contribution < 1.29 is 14.7 Å². The van der Waals surface area contributed by atoms with Crippen LogP contribution in [-0.2, 0) is 0 Å². The maximum atomic E-state index is 10.8. The van der Waals surface area contributed by atoms with E-state index < -0.39 is 6.03 Å². The molecule has 0 aliphatic heterocycles. The van der Waals surface area contributed by atoms with Crippen molar-refractivity contribution in [2.75, 3.05) is 6.54 Å². The van der Waals surface area contributed by atoms with Crippen LogP contribution in [0.2, 0.25) is 0 Å². The van der Waals surface area contributed by atoms with E-state index in [9.17, 15) is 10.0 Å². The van der Waals surface area contributed by atoms with Crippen LogP contribution in [0, 0.1) is 5.92 Å². The second kappa shape index (κ2) is 6.03. The molecular formula is C16H17N3O3. The predicted octanol–water partition coefficient (Wildman–Crippen LogP) is 2.75. The van der Waals surface area contributed by atoms with Gasteiger partial charge >= 0.3 is 6.03 Å². The van der Waals surface area contributed by atoms with Gasteiger partial charge < -0.3 is 10.5 Å². The lowest BCUT2D eigenvalue weighted by atomic mass is 10.1. The number of ether oxygens (including phenoxy) is 1. The van der Waals surface area contributed by atoms with E-state index in [1.165, 1.54) is 0 Å². The summed E-state index contributed by atoms with van der Waals surface area (Å²) in [5.74, 6) is 1.80. The first kappa shape index (κ1) is 14.3. The summed E-state index contributed by atoms with van der Waals surface area (Å²) < 4.78 is 5.71. The fourth-order valence-corrected chi connectivity index (χ4v) is 2.51. The lowest BCUT2D eigenvalue weighted by molar-refractivity contribution is -0.0431. The van der Waals surface area contributed by atoms with Gasteiger partial charge in [-0.05, 0) is 42.0 Å². The van der Waals surface area contributed by atoms with Crippen molar-refractivity contribution in [3.8, 4) is 11.6 Å². The van der Waals surface area contributed by atoms with Crippen molar-refractivity contribution in [1.82, 2.24) is 10.0 Å². The third-order valence-electron chi connectivity index (χ3n) is 3.73. The summed E-state index contributed by atoms with van der Waals surface area (Å²) in [5.41, 5.74) is 6.14. The molecule has 2 amide bonds. The van der Waals surface area contributed by atoms with Crippen LogP contribution in [0.3, 0.4) is 0 Å². The van der Waals surface area contributed by atoms with Crippen molar-refractivity contribution in [3.05, 3.63) is 54.2 Å². The van der Waals surface area contributed by atoms with Gasteiger partial charge in [0.05, 0.1) is 6.54 Å². The molecule has 0 saturated heterocycles. The Balaban J connectivity index is 1.64. The number of hydroxylamine groups is 2. The van der Waals surface area contributed by atoms with Crippen LogP contribution in [0.25, 0.3) is 0 Å². The molecule has 2 atom stereocenters. The Labute approximate surface area is 128 Å². The summed E-state index contributed by atoms with van der Waals surface area (Å²) in [6.45, 7) is 0.255. The van der Waals surface area contributed by atoms with E-state index in [-0.39, 0.29) is 12.5 Å². The fourth-order valence-electron chi connectivity index (χ4n) is 2.51. The van der Waals surface area contributed by atoms with Crippen LogP contribution in [0.5, 0.6) is 11.6 Å². The molecule has 1 aromatic carbocycles. The third kappa shape index (κ3) is 3.35. The molecule has 6 heteroatoms. The van der Waals surface area contributed by atoms with Crippen molar-refractivity contribution in [3.63, 3.8) is 0 Å². The molecule has 1 fully saturated rings. The standard InChI is InChI=1S/C16H17N3O3/c17-16(20)19(21)10-12-9-14(12)11-4-3-5-13(8-11)22-15-6-1-2-7-18-15/h1-8,12,14,21H,9-10H2,(H2,17,20)/t12-,14-/m0/s1. The van der Waals surface area contributed by atoms with E-state index >= 15 is 0 Å². The number of carbonyl (C=O) groups excluding carboxylic acids is 1. The lowest BCUT2D eigenvalue weighted by Gasteiger charge is -2.11. The average molecular weight is 299 g/mol. The Morgan fingerprint density at radius 2 is 2.23 bits per heavy atom. The normalized spacial score (nSPS) is 19.5. The fraction of sp³-hybridized carbons (Fsp3) is 0.250. The Morgan fingerprint density at radius 1 is 1.36 bits per heavy atom. The predicted molar refractivity (Wildman–Crippen MR) is 79.7 cm³/mol. The molecule has 3 N–H and O–H groups in total. The SMILES string of the molecule is NC(=O)N(O)C[C@@H]1C[C@H]1c1cccc(Oc2ccccn2)c1. The van der Waals surface area contributed by atoms with Gasteiger partial charge in [0, 0.05) is 12.3 Å². The molecular weight excluding hydrogens is 282 g/mol. The third-order valence-corrected chi connectivity index (χ3v) is 3.73. The Morgan fingerprint density at radius 3 is 2.95 bits per heavy atom. The number of carbonyl (C=O) groups is 1. The van der Waals surface area contributed by atoms with Crippen molar-refractivity contribution >= 4 is 6.03 Å². The van der Waals surface area contributed by atoms with E-state index in [0.29, 0.717) is 16.9 Å². The molecule has 1 heterocycles. The first-order valence-corrected chi connectivity index (χ1v) is 7.08. The molecule has 1 aliphatic rings. The smallest absolute Gasteiger partial charge is 0.338 e. The molecule has 1 saturated carbocycles. The minimum atomic E-state index is -0.821. The average Bonchev–Trinajstić information content (AvgIpc) is 3.28. The number of nitrogens with two attached hydrogens (primary N) is 1. The molecule has 1 aliphatic carbocycles. The van der Waals surface area contributed by atoms with E-state index in [2.05, 4.69) is 4.98 Å². The van der Waals surface area contributed by atoms with E-state index in [4.69, 9.17) is 10.5 Å². The monoisotopic (exact) mass is 299 g/mol. The highest BCUT2D eigenvalue weighted by molar-refractivity contribution is 5.70. The zero-order chi connectivity index (χ0) is 15.5. The quantitative estimate of drug-likeness (QED) is 0.656. The number of urea groups is 1. The van der Waals surface area contributed by atoms with Gasteiger partial charge in [-0.25, -0.2) is 14.8 Å². The topological polar surface area (TPSA) is 88.7 Å². The van der Waals surface area contributed by atoms with E-state index in [1.807, 2.05) is 36.4 Å². The zero-order valence-electron chi connectivity index (χ0n) is 11.9. The highest BCUT2D eigenvalue weighted by atomic mass is 16.5. The maximum absolute atomic E-state index is 10.8. The van der Waals surface area contributed by atoms with Gasteiger partial charge in [-0.3, -0.25) is 5.21 Å². The van der Waals surface area contributed by atoms with E-state index in [1.54, 1.807) is 12.3 Å². The minimum Gasteiger partial charge on any atom is -0.439 e. The highest BCUT2D eigenvalue weighted by Crippen LogP contribution is 2.48. The number of aromatic nitrogens is 1.